The van der Waals surface area contributed by atoms with Crippen molar-refractivity contribution in [3.63, 3.8) is 0 Å². The molecule has 1 atom stereocenters. The van der Waals surface area contributed by atoms with Gasteiger partial charge in [-0.3, -0.25) is 0 Å². The Morgan fingerprint density at radius 3 is 3.00 bits per heavy atom. The third kappa shape index (κ3) is 2.72. The lowest BCUT2D eigenvalue weighted by atomic mass is 10.2. The Labute approximate surface area is 108 Å². The number of nitrogens with zero attached hydrogens (tertiary/aromatic N) is 3. The summed E-state index contributed by atoms with van der Waals surface area (Å²) in [5, 5.41) is 3.35. The van der Waals surface area contributed by atoms with Crippen LogP contribution in [0.4, 0.5) is 11.8 Å². The molecule has 0 saturated carbocycles. The number of rotatable bonds is 4. The minimum absolute atomic E-state index is 0.343. The summed E-state index contributed by atoms with van der Waals surface area (Å²) in [6.07, 6.45) is 6.99. The minimum Gasteiger partial charge on any atom is -0.376 e. The van der Waals surface area contributed by atoms with Gasteiger partial charge in [-0.05, 0) is 31.7 Å². The maximum absolute atomic E-state index is 5.59. The lowest BCUT2D eigenvalue weighted by molar-refractivity contribution is 0.120. The van der Waals surface area contributed by atoms with E-state index in [4.69, 9.17) is 4.74 Å². The van der Waals surface area contributed by atoms with Gasteiger partial charge in [-0.25, -0.2) is 4.98 Å². The maximum Gasteiger partial charge on any atom is 0.227 e. The molecule has 18 heavy (non-hydrogen) atoms. The minimum atomic E-state index is 0.343. The van der Waals surface area contributed by atoms with Gasteiger partial charge in [0.15, 0.2) is 0 Å². The molecule has 3 heterocycles. The van der Waals surface area contributed by atoms with Crippen molar-refractivity contribution in [2.75, 3.05) is 36.5 Å². The molecule has 2 saturated heterocycles. The van der Waals surface area contributed by atoms with Crippen LogP contribution in [0.3, 0.4) is 0 Å². The fraction of sp³-hybridized carbons (Fsp3) is 0.692. The highest BCUT2D eigenvalue weighted by Gasteiger charge is 2.17. The van der Waals surface area contributed by atoms with Gasteiger partial charge in [-0.1, -0.05) is 0 Å². The Morgan fingerprint density at radius 2 is 2.22 bits per heavy atom. The predicted molar refractivity (Wildman–Crippen MR) is 70.9 cm³/mol. The second-order valence-electron chi connectivity index (χ2n) is 4.95. The van der Waals surface area contributed by atoms with E-state index >= 15 is 0 Å². The van der Waals surface area contributed by atoms with E-state index in [1.165, 1.54) is 19.3 Å². The van der Waals surface area contributed by atoms with E-state index in [-0.39, 0.29) is 0 Å². The highest BCUT2D eigenvalue weighted by Crippen LogP contribution is 2.17. The van der Waals surface area contributed by atoms with E-state index < -0.39 is 0 Å². The molecule has 0 radical (unpaired) electrons. The Kier molecular flexibility index (Phi) is 3.59. The van der Waals surface area contributed by atoms with E-state index in [2.05, 4.69) is 20.2 Å². The summed E-state index contributed by atoms with van der Waals surface area (Å²) in [5.74, 6) is 1.76. The van der Waals surface area contributed by atoms with Crippen LogP contribution in [0.15, 0.2) is 12.3 Å². The van der Waals surface area contributed by atoms with Gasteiger partial charge in [0.25, 0.3) is 0 Å². The molecule has 1 unspecified atom stereocenters. The van der Waals surface area contributed by atoms with E-state index in [1.54, 1.807) is 0 Å². The zero-order chi connectivity index (χ0) is 12.2. The normalized spacial score (nSPS) is 23.6. The van der Waals surface area contributed by atoms with Gasteiger partial charge in [0.2, 0.25) is 5.95 Å². The van der Waals surface area contributed by atoms with Crippen molar-refractivity contribution >= 4 is 11.8 Å². The van der Waals surface area contributed by atoms with Crippen LogP contribution in [-0.4, -0.2) is 42.3 Å². The van der Waals surface area contributed by atoms with Gasteiger partial charge < -0.3 is 15.0 Å². The lowest BCUT2D eigenvalue weighted by Crippen LogP contribution is -2.22. The SMILES string of the molecule is c1cc(NCC2CCCO2)nc(N2CCCC2)n1. The van der Waals surface area contributed by atoms with Gasteiger partial charge >= 0.3 is 0 Å². The number of hydrogen-bond acceptors (Lipinski definition) is 5. The van der Waals surface area contributed by atoms with Crippen molar-refractivity contribution < 1.29 is 4.74 Å². The average molecular weight is 248 g/mol. The molecule has 5 nitrogen and oxygen atoms in total. The molecule has 2 aliphatic heterocycles. The van der Waals surface area contributed by atoms with Crippen LogP contribution in [0, 0.1) is 0 Å². The standard InChI is InChI=1S/C13H20N4O/c1-2-8-17(7-1)13-14-6-5-12(16-13)15-10-11-4-3-9-18-11/h5-6,11H,1-4,7-10H2,(H,14,15,16). The molecule has 2 aliphatic rings. The van der Waals surface area contributed by atoms with Crippen LogP contribution in [0.1, 0.15) is 25.7 Å². The Bertz CT molecular complexity index is 386. The molecule has 5 heteroatoms. The molecule has 1 aromatic rings. The first-order valence-electron chi connectivity index (χ1n) is 6.85. The molecular formula is C13H20N4O. The largest absolute Gasteiger partial charge is 0.376 e. The molecule has 98 valence electrons. The molecule has 0 bridgehead atoms. The summed E-state index contributed by atoms with van der Waals surface area (Å²) < 4.78 is 5.59. The number of nitrogens with one attached hydrogen (secondary N) is 1. The van der Waals surface area contributed by atoms with E-state index in [9.17, 15) is 0 Å². The van der Waals surface area contributed by atoms with Crippen molar-refractivity contribution in [1.82, 2.24) is 9.97 Å². The van der Waals surface area contributed by atoms with Crippen LogP contribution in [0.5, 0.6) is 0 Å². The third-order valence-electron chi connectivity index (χ3n) is 3.57. The summed E-state index contributed by atoms with van der Waals surface area (Å²) >= 11 is 0. The molecule has 0 aromatic carbocycles. The number of ether oxygens (including phenoxy) is 1. The van der Waals surface area contributed by atoms with Crippen LogP contribution >= 0.6 is 0 Å². The first-order chi connectivity index (χ1) is 8.92. The molecule has 3 rings (SSSR count). The highest BCUT2D eigenvalue weighted by atomic mass is 16.5. The quantitative estimate of drug-likeness (QED) is 0.878. The fourth-order valence-electron chi connectivity index (χ4n) is 2.54. The van der Waals surface area contributed by atoms with Crippen molar-refractivity contribution in [1.29, 1.82) is 0 Å². The van der Waals surface area contributed by atoms with Gasteiger partial charge in [0.1, 0.15) is 5.82 Å². The third-order valence-corrected chi connectivity index (χ3v) is 3.57. The zero-order valence-corrected chi connectivity index (χ0v) is 10.6. The molecule has 0 aliphatic carbocycles. The topological polar surface area (TPSA) is 50.3 Å². The monoisotopic (exact) mass is 248 g/mol. The van der Waals surface area contributed by atoms with E-state index in [0.29, 0.717) is 6.10 Å². The van der Waals surface area contributed by atoms with Gasteiger partial charge in [-0.15, -0.1) is 0 Å². The Hall–Kier alpha value is -1.36. The smallest absolute Gasteiger partial charge is 0.227 e. The number of hydrogen-bond donors (Lipinski definition) is 1. The second kappa shape index (κ2) is 5.52. The summed E-state index contributed by atoms with van der Waals surface area (Å²) in [7, 11) is 0. The van der Waals surface area contributed by atoms with Crippen LogP contribution in [-0.2, 0) is 4.74 Å². The molecule has 0 spiro atoms. The van der Waals surface area contributed by atoms with Gasteiger partial charge in [0, 0.05) is 32.4 Å². The van der Waals surface area contributed by atoms with Crippen LogP contribution < -0.4 is 10.2 Å². The summed E-state index contributed by atoms with van der Waals surface area (Å²) in [6.45, 7) is 3.90. The van der Waals surface area contributed by atoms with Gasteiger partial charge in [-0.2, -0.15) is 4.98 Å². The Morgan fingerprint density at radius 1 is 1.33 bits per heavy atom. The number of anilines is 2. The highest BCUT2D eigenvalue weighted by molar-refractivity contribution is 5.41. The molecule has 1 aromatic heterocycles. The van der Waals surface area contributed by atoms with Crippen LogP contribution in [0.25, 0.3) is 0 Å². The van der Waals surface area contributed by atoms with Crippen LogP contribution in [0.2, 0.25) is 0 Å². The summed E-state index contributed by atoms with van der Waals surface area (Å²) in [5.41, 5.74) is 0. The van der Waals surface area contributed by atoms with Gasteiger partial charge in [0.05, 0.1) is 6.10 Å². The first kappa shape index (κ1) is 11.7. The lowest BCUT2D eigenvalue weighted by Gasteiger charge is -2.16. The van der Waals surface area contributed by atoms with Crippen molar-refractivity contribution in [3.8, 4) is 0 Å². The molecule has 1 N–H and O–H groups in total. The number of aromatic nitrogens is 2. The Balaban J connectivity index is 1.59. The maximum atomic E-state index is 5.59. The fourth-order valence-corrected chi connectivity index (χ4v) is 2.54. The molecular weight excluding hydrogens is 228 g/mol. The summed E-state index contributed by atoms with van der Waals surface area (Å²) in [6, 6.07) is 1.93. The van der Waals surface area contributed by atoms with Crippen molar-refractivity contribution in [2.24, 2.45) is 0 Å². The molecule has 2 fully saturated rings. The second-order valence-corrected chi connectivity index (χ2v) is 4.95. The van der Waals surface area contributed by atoms with Crippen molar-refractivity contribution in [2.45, 2.75) is 31.8 Å². The molecule has 0 amide bonds. The first-order valence-corrected chi connectivity index (χ1v) is 6.85. The zero-order valence-electron chi connectivity index (χ0n) is 10.6. The summed E-state index contributed by atoms with van der Waals surface area (Å²) in [4.78, 5) is 11.2. The van der Waals surface area contributed by atoms with Crippen molar-refractivity contribution in [3.05, 3.63) is 12.3 Å². The van der Waals surface area contributed by atoms with E-state index in [0.717, 1.165) is 44.4 Å². The average Bonchev–Trinajstić information content (AvgIpc) is 3.10. The van der Waals surface area contributed by atoms with E-state index in [1.807, 2.05) is 12.3 Å². The predicted octanol–water partition coefficient (Wildman–Crippen LogP) is 1.67.